The van der Waals surface area contributed by atoms with Crippen LogP contribution in [0.4, 0.5) is 5.69 Å². The maximum atomic E-state index is 10.5. The van der Waals surface area contributed by atoms with E-state index < -0.39 is 4.92 Å². The smallest absolute Gasteiger partial charge is 0.306 e. The molecule has 0 bridgehead atoms. The topological polar surface area (TPSA) is 124 Å². The third kappa shape index (κ3) is 6.20. The molecule has 1 aliphatic heterocycles. The summed E-state index contributed by atoms with van der Waals surface area (Å²) in [5.41, 5.74) is 5.76. The van der Waals surface area contributed by atoms with Gasteiger partial charge in [0.15, 0.2) is 5.96 Å². The summed E-state index contributed by atoms with van der Waals surface area (Å²) in [7, 11) is 0. The van der Waals surface area contributed by atoms with E-state index in [-0.39, 0.29) is 5.69 Å². The van der Waals surface area contributed by atoms with Crippen LogP contribution in [0.2, 0.25) is 0 Å². The lowest BCUT2D eigenvalue weighted by atomic mass is 10.3. The first-order valence-electron chi connectivity index (χ1n) is 7.66. The average molecular weight is 325 g/mol. The van der Waals surface area contributed by atoms with Crippen molar-refractivity contribution in [3.8, 4) is 0 Å². The monoisotopic (exact) mass is 325 g/mol. The van der Waals surface area contributed by atoms with E-state index in [2.05, 4.69) is 20.3 Å². The average Bonchev–Trinajstić information content (AvgIpc) is 3.02. The van der Waals surface area contributed by atoms with Gasteiger partial charge in [-0.25, -0.2) is 0 Å². The second kappa shape index (κ2) is 9.06. The van der Waals surface area contributed by atoms with Crippen molar-refractivity contribution in [1.29, 1.82) is 0 Å². The van der Waals surface area contributed by atoms with Gasteiger partial charge in [-0.1, -0.05) is 0 Å². The van der Waals surface area contributed by atoms with Crippen LogP contribution in [0.25, 0.3) is 0 Å². The van der Waals surface area contributed by atoms with Gasteiger partial charge in [0.25, 0.3) is 0 Å². The van der Waals surface area contributed by atoms with Gasteiger partial charge in [-0.3, -0.25) is 24.7 Å². The lowest BCUT2D eigenvalue weighted by Crippen LogP contribution is -2.37. The number of guanidine groups is 1. The SMILES string of the molecule is NC(=NCCCN1CCOCC1)NCCn1cc([N+](=O)[O-])cn1. The minimum absolute atomic E-state index is 0.0187. The predicted molar refractivity (Wildman–Crippen MR) is 85.2 cm³/mol. The molecule has 0 atom stereocenters. The molecule has 10 nitrogen and oxygen atoms in total. The highest BCUT2D eigenvalue weighted by atomic mass is 16.6. The van der Waals surface area contributed by atoms with E-state index in [1.54, 1.807) is 0 Å². The van der Waals surface area contributed by atoms with Gasteiger partial charge in [0.05, 0.1) is 24.7 Å². The Morgan fingerprint density at radius 1 is 1.48 bits per heavy atom. The lowest BCUT2D eigenvalue weighted by Gasteiger charge is -2.26. The Bertz CT molecular complexity index is 525. The first-order chi connectivity index (χ1) is 11.1. The van der Waals surface area contributed by atoms with E-state index in [0.29, 0.717) is 25.6 Å². The number of nitrogens with zero attached hydrogens (tertiary/aromatic N) is 5. The van der Waals surface area contributed by atoms with Crippen LogP contribution in [-0.2, 0) is 11.3 Å². The van der Waals surface area contributed by atoms with E-state index >= 15 is 0 Å². The molecule has 0 aromatic carbocycles. The molecule has 0 aliphatic carbocycles. The molecule has 2 rings (SSSR count). The summed E-state index contributed by atoms with van der Waals surface area (Å²) >= 11 is 0. The van der Waals surface area contributed by atoms with Crippen LogP contribution < -0.4 is 11.1 Å². The Morgan fingerprint density at radius 2 is 2.26 bits per heavy atom. The van der Waals surface area contributed by atoms with Gasteiger partial charge in [0.1, 0.15) is 12.4 Å². The predicted octanol–water partition coefficient (Wildman–Crippen LogP) is -0.582. The van der Waals surface area contributed by atoms with E-state index in [1.807, 2.05) is 0 Å². The van der Waals surface area contributed by atoms with Crippen molar-refractivity contribution in [3.63, 3.8) is 0 Å². The van der Waals surface area contributed by atoms with Crippen molar-refractivity contribution in [2.24, 2.45) is 10.7 Å². The summed E-state index contributed by atoms with van der Waals surface area (Å²) in [5.74, 6) is 0.383. The van der Waals surface area contributed by atoms with Crippen molar-refractivity contribution in [1.82, 2.24) is 20.0 Å². The van der Waals surface area contributed by atoms with Crippen LogP contribution >= 0.6 is 0 Å². The van der Waals surface area contributed by atoms with Crippen LogP contribution in [0.15, 0.2) is 17.4 Å². The number of aliphatic imine (C=N–C) groups is 1. The molecule has 10 heteroatoms. The standard InChI is InChI=1S/C13H23N7O3/c14-13(15-2-1-4-18-6-8-23-9-7-18)16-3-5-19-11-12(10-17-19)20(21)22/h10-11H,1-9H2,(H3,14,15,16). The van der Waals surface area contributed by atoms with Crippen LogP contribution in [-0.4, -0.2) is 71.5 Å². The number of nitrogens with two attached hydrogens (primary N) is 1. The van der Waals surface area contributed by atoms with E-state index in [9.17, 15) is 10.1 Å². The minimum Gasteiger partial charge on any atom is -0.379 e. The molecule has 0 unspecified atom stereocenters. The second-order valence-electron chi connectivity index (χ2n) is 5.22. The van der Waals surface area contributed by atoms with Crippen LogP contribution in [0.3, 0.4) is 0 Å². The molecule has 1 aromatic heterocycles. The van der Waals surface area contributed by atoms with Gasteiger partial charge in [-0.2, -0.15) is 5.10 Å². The summed E-state index contributed by atoms with van der Waals surface area (Å²) < 4.78 is 6.79. The highest BCUT2D eigenvalue weighted by molar-refractivity contribution is 5.77. The minimum atomic E-state index is -0.471. The summed E-state index contributed by atoms with van der Waals surface area (Å²) in [6.07, 6.45) is 3.56. The van der Waals surface area contributed by atoms with Gasteiger partial charge in [0.2, 0.25) is 0 Å². The highest BCUT2D eigenvalue weighted by Gasteiger charge is 2.09. The van der Waals surface area contributed by atoms with Gasteiger partial charge in [0, 0.05) is 32.7 Å². The summed E-state index contributed by atoms with van der Waals surface area (Å²) in [4.78, 5) is 16.7. The molecular formula is C13H23N7O3. The zero-order chi connectivity index (χ0) is 16.5. The van der Waals surface area contributed by atoms with Crippen molar-refractivity contribution in [2.75, 3.05) is 45.9 Å². The molecule has 0 saturated carbocycles. The van der Waals surface area contributed by atoms with Crippen LogP contribution in [0.1, 0.15) is 6.42 Å². The van der Waals surface area contributed by atoms with Crippen molar-refractivity contribution >= 4 is 11.6 Å². The van der Waals surface area contributed by atoms with Crippen molar-refractivity contribution in [2.45, 2.75) is 13.0 Å². The summed E-state index contributed by atoms with van der Waals surface area (Å²) in [6.45, 7) is 6.23. The first-order valence-corrected chi connectivity index (χ1v) is 7.66. The van der Waals surface area contributed by atoms with Crippen LogP contribution in [0.5, 0.6) is 0 Å². The van der Waals surface area contributed by atoms with Crippen molar-refractivity contribution in [3.05, 3.63) is 22.5 Å². The molecule has 3 N–H and O–H groups in total. The Morgan fingerprint density at radius 3 is 2.96 bits per heavy atom. The zero-order valence-corrected chi connectivity index (χ0v) is 13.1. The first kappa shape index (κ1) is 17.2. The molecular weight excluding hydrogens is 302 g/mol. The molecule has 1 saturated heterocycles. The van der Waals surface area contributed by atoms with Gasteiger partial charge < -0.3 is 15.8 Å². The largest absolute Gasteiger partial charge is 0.379 e. The molecule has 1 aromatic rings. The maximum Gasteiger partial charge on any atom is 0.306 e. The lowest BCUT2D eigenvalue weighted by molar-refractivity contribution is -0.385. The number of nitrogens with one attached hydrogen (secondary N) is 1. The maximum absolute atomic E-state index is 10.5. The van der Waals surface area contributed by atoms with E-state index in [1.165, 1.54) is 17.1 Å². The normalized spacial score (nSPS) is 16.4. The fourth-order valence-corrected chi connectivity index (χ4v) is 2.24. The van der Waals surface area contributed by atoms with Gasteiger partial charge in [-0.05, 0) is 6.42 Å². The number of aromatic nitrogens is 2. The van der Waals surface area contributed by atoms with Crippen molar-refractivity contribution < 1.29 is 9.66 Å². The number of rotatable bonds is 8. The molecule has 0 amide bonds. The fourth-order valence-electron chi connectivity index (χ4n) is 2.24. The number of morpholine rings is 1. The highest BCUT2D eigenvalue weighted by Crippen LogP contribution is 2.06. The molecule has 0 radical (unpaired) electrons. The van der Waals surface area contributed by atoms with Gasteiger partial charge >= 0.3 is 5.69 Å². The molecule has 128 valence electrons. The number of nitro groups is 1. The molecule has 23 heavy (non-hydrogen) atoms. The second-order valence-corrected chi connectivity index (χ2v) is 5.22. The Labute approximate surface area is 134 Å². The third-order valence-electron chi connectivity index (χ3n) is 3.50. The number of ether oxygens (including phenoxy) is 1. The van der Waals surface area contributed by atoms with E-state index in [4.69, 9.17) is 10.5 Å². The molecule has 2 heterocycles. The number of hydrogen-bond donors (Lipinski definition) is 2. The number of hydrogen-bond acceptors (Lipinski definition) is 6. The van der Waals surface area contributed by atoms with Gasteiger partial charge in [-0.15, -0.1) is 0 Å². The molecule has 1 fully saturated rings. The molecule has 0 spiro atoms. The summed E-state index contributed by atoms with van der Waals surface area (Å²) in [5, 5.41) is 17.4. The Balaban J connectivity index is 1.57. The Hall–Kier alpha value is -2.20. The zero-order valence-electron chi connectivity index (χ0n) is 13.1. The van der Waals surface area contributed by atoms with E-state index in [0.717, 1.165) is 39.3 Å². The fraction of sp³-hybridized carbons (Fsp3) is 0.692. The third-order valence-corrected chi connectivity index (χ3v) is 3.50. The quantitative estimate of drug-likeness (QED) is 0.215. The molecule has 1 aliphatic rings. The summed E-state index contributed by atoms with van der Waals surface area (Å²) in [6, 6.07) is 0. The van der Waals surface area contributed by atoms with Crippen LogP contribution in [0, 0.1) is 10.1 Å². The Kier molecular flexibility index (Phi) is 6.76.